The molecule has 6 nitrogen and oxygen atoms in total. The number of nitrogens with zero attached hydrogens (tertiary/aromatic N) is 2. The monoisotopic (exact) mass is 402 g/mol. The van der Waals surface area contributed by atoms with E-state index in [0.717, 1.165) is 31.5 Å². The molecule has 0 spiro atoms. The van der Waals surface area contributed by atoms with Crippen molar-refractivity contribution in [3.8, 4) is 5.75 Å². The van der Waals surface area contributed by atoms with Crippen LogP contribution < -0.4 is 9.04 Å². The molecule has 0 aromatic heterocycles. The Bertz CT molecular complexity index is 876. The predicted molar refractivity (Wildman–Crippen MR) is 110 cm³/mol. The topological polar surface area (TPSA) is 66.9 Å². The van der Waals surface area contributed by atoms with E-state index in [4.69, 9.17) is 4.74 Å². The molecule has 1 aliphatic rings. The third-order valence-corrected chi connectivity index (χ3v) is 5.91. The number of hydrogen-bond donors (Lipinski definition) is 0. The van der Waals surface area contributed by atoms with Crippen LogP contribution in [-0.4, -0.2) is 45.2 Å². The van der Waals surface area contributed by atoms with E-state index in [9.17, 15) is 13.2 Å². The highest BCUT2D eigenvalue weighted by Gasteiger charge is 2.19. The van der Waals surface area contributed by atoms with E-state index in [1.165, 1.54) is 17.0 Å². The van der Waals surface area contributed by atoms with Crippen LogP contribution in [0.4, 0.5) is 5.69 Å². The quantitative estimate of drug-likeness (QED) is 0.714. The van der Waals surface area contributed by atoms with Gasteiger partial charge in [-0.15, -0.1) is 0 Å². The molecule has 150 valence electrons. The standard InChI is InChI=1S/C21H26N2O4S/c1-28(25,26)23(16-18-8-4-2-5-9-18)19-10-12-20(13-11-19)27-17-21(24)22-14-6-3-7-15-22/h2,4-5,8-13H,3,6-7,14-17H2,1H3. The number of carbonyl (C=O) groups is 1. The summed E-state index contributed by atoms with van der Waals surface area (Å²) in [5.74, 6) is 0.535. The van der Waals surface area contributed by atoms with Crippen molar-refractivity contribution < 1.29 is 17.9 Å². The lowest BCUT2D eigenvalue weighted by molar-refractivity contribution is -0.134. The van der Waals surface area contributed by atoms with Crippen LogP contribution in [0.15, 0.2) is 54.6 Å². The lowest BCUT2D eigenvalue weighted by Crippen LogP contribution is -2.38. The van der Waals surface area contributed by atoms with Gasteiger partial charge in [-0.2, -0.15) is 0 Å². The fourth-order valence-corrected chi connectivity index (χ4v) is 4.13. The van der Waals surface area contributed by atoms with Gasteiger partial charge in [-0.05, 0) is 49.1 Å². The van der Waals surface area contributed by atoms with Gasteiger partial charge in [-0.1, -0.05) is 30.3 Å². The molecule has 0 saturated carbocycles. The van der Waals surface area contributed by atoms with Crippen LogP contribution in [0.1, 0.15) is 24.8 Å². The summed E-state index contributed by atoms with van der Waals surface area (Å²) < 4.78 is 31.5. The highest BCUT2D eigenvalue weighted by Crippen LogP contribution is 2.24. The van der Waals surface area contributed by atoms with Crippen LogP contribution in [0, 0.1) is 0 Å². The van der Waals surface area contributed by atoms with E-state index in [2.05, 4.69) is 0 Å². The summed E-state index contributed by atoms with van der Waals surface area (Å²) in [6.07, 6.45) is 4.45. The third kappa shape index (κ3) is 5.48. The first-order chi connectivity index (χ1) is 13.4. The lowest BCUT2D eigenvalue weighted by Gasteiger charge is -2.26. The number of piperidine rings is 1. The molecule has 0 atom stereocenters. The Kier molecular flexibility index (Phi) is 6.57. The summed E-state index contributed by atoms with van der Waals surface area (Å²) >= 11 is 0. The molecule has 1 amide bonds. The second kappa shape index (κ2) is 9.10. The minimum atomic E-state index is -3.44. The molecular weight excluding hydrogens is 376 g/mol. The van der Waals surface area contributed by atoms with Gasteiger partial charge in [0.05, 0.1) is 18.5 Å². The van der Waals surface area contributed by atoms with Crippen molar-refractivity contribution in [3.05, 3.63) is 60.2 Å². The molecule has 28 heavy (non-hydrogen) atoms. The molecule has 2 aromatic rings. The minimum Gasteiger partial charge on any atom is -0.484 e. The number of carbonyl (C=O) groups excluding carboxylic acids is 1. The smallest absolute Gasteiger partial charge is 0.260 e. The average Bonchev–Trinajstić information content (AvgIpc) is 2.71. The van der Waals surface area contributed by atoms with Crippen LogP contribution in [0.2, 0.25) is 0 Å². The van der Waals surface area contributed by atoms with E-state index in [1.807, 2.05) is 35.2 Å². The van der Waals surface area contributed by atoms with Crippen LogP contribution in [-0.2, 0) is 21.4 Å². The highest BCUT2D eigenvalue weighted by atomic mass is 32.2. The van der Waals surface area contributed by atoms with Crippen molar-refractivity contribution in [1.82, 2.24) is 4.90 Å². The zero-order valence-electron chi connectivity index (χ0n) is 16.1. The molecule has 1 heterocycles. The first-order valence-electron chi connectivity index (χ1n) is 9.46. The number of likely N-dealkylation sites (tertiary alicyclic amines) is 1. The van der Waals surface area contributed by atoms with Crippen molar-refractivity contribution >= 4 is 21.6 Å². The van der Waals surface area contributed by atoms with E-state index in [0.29, 0.717) is 11.4 Å². The molecule has 1 saturated heterocycles. The van der Waals surface area contributed by atoms with E-state index < -0.39 is 10.0 Å². The summed E-state index contributed by atoms with van der Waals surface area (Å²) in [6.45, 7) is 1.85. The number of ether oxygens (including phenoxy) is 1. The minimum absolute atomic E-state index is 0.000841. The summed E-state index contributed by atoms with van der Waals surface area (Å²) in [5, 5.41) is 0. The Morgan fingerprint density at radius 2 is 1.64 bits per heavy atom. The van der Waals surface area contributed by atoms with Crippen molar-refractivity contribution in [3.63, 3.8) is 0 Å². The lowest BCUT2D eigenvalue weighted by atomic mass is 10.1. The van der Waals surface area contributed by atoms with Crippen molar-refractivity contribution in [1.29, 1.82) is 0 Å². The van der Waals surface area contributed by atoms with Crippen LogP contribution >= 0.6 is 0 Å². The molecule has 2 aromatic carbocycles. The first kappa shape index (κ1) is 20.2. The van der Waals surface area contributed by atoms with Crippen LogP contribution in [0.25, 0.3) is 0 Å². The van der Waals surface area contributed by atoms with Crippen molar-refractivity contribution in [2.75, 3.05) is 30.3 Å². The normalized spacial score (nSPS) is 14.5. The zero-order chi connectivity index (χ0) is 20.0. The molecule has 0 radical (unpaired) electrons. The number of rotatable bonds is 7. The van der Waals surface area contributed by atoms with Crippen molar-refractivity contribution in [2.24, 2.45) is 0 Å². The molecule has 3 rings (SSSR count). The Balaban J connectivity index is 1.64. The Labute approximate surface area is 166 Å². The molecule has 7 heteroatoms. The van der Waals surface area contributed by atoms with Gasteiger partial charge < -0.3 is 9.64 Å². The summed E-state index contributed by atoms with van der Waals surface area (Å²) in [6, 6.07) is 16.2. The summed E-state index contributed by atoms with van der Waals surface area (Å²) in [7, 11) is -3.44. The maximum absolute atomic E-state index is 12.3. The molecular formula is C21H26N2O4S. The summed E-state index contributed by atoms with van der Waals surface area (Å²) in [4.78, 5) is 14.0. The van der Waals surface area contributed by atoms with Crippen LogP contribution in [0.5, 0.6) is 5.75 Å². The van der Waals surface area contributed by atoms with Crippen molar-refractivity contribution in [2.45, 2.75) is 25.8 Å². The number of anilines is 1. The SMILES string of the molecule is CS(=O)(=O)N(Cc1ccccc1)c1ccc(OCC(=O)N2CCCCC2)cc1. The van der Waals surface area contributed by atoms with Crippen LogP contribution in [0.3, 0.4) is 0 Å². The fourth-order valence-electron chi connectivity index (χ4n) is 3.24. The van der Waals surface area contributed by atoms with Gasteiger partial charge in [0.2, 0.25) is 10.0 Å². The average molecular weight is 403 g/mol. The van der Waals surface area contributed by atoms with E-state index in [1.54, 1.807) is 24.3 Å². The Hall–Kier alpha value is -2.54. The fraction of sp³-hybridized carbons (Fsp3) is 0.381. The molecule has 0 N–H and O–H groups in total. The Morgan fingerprint density at radius 3 is 2.25 bits per heavy atom. The van der Waals surface area contributed by atoms with Gasteiger partial charge in [0.15, 0.2) is 6.61 Å². The summed E-state index contributed by atoms with van der Waals surface area (Å²) in [5.41, 5.74) is 1.46. The molecule has 0 aliphatic carbocycles. The molecule has 1 aliphatic heterocycles. The highest BCUT2D eigenvalue weighted by molar-refractivity contribution is 7.92. The molecule has 0 bridgehead atoms. The van der Waals surface area contributed by atoms with Gasteiger partial charge in [0.1, 0.15) is 5.75 Å². The second-order valence-electron chi connectivity index (χ2n) is 6.98. The van der Waals surface area contributed by atoms with E-state index >= 15 is 0 Å². The Morgan fingerprint density at radius 1 is 1.00 bits per heavy atom. The second-order valence-corrected chi connectivity index (χ2v) is 8.89. The molecule has 0 unspecified atom stereocenters. The zero-order valence-corrected chi connectivity index (χ0v) is 16.9. The first-order valence-corrected chi connectivity index (χ1v) is 11.3. The molecule has 1 fully saturated rings. The number of benzene rings is 2. The van der Waals surface area contributed by atoms with E-state index in [-0.39, 0.29) is 19.1 Å². The van der Waals surface area contributed by atoms with Gasteiger partial charge in [0, 0.05) is 13.1 Å². The number of sulfonamides is 1. The van der Waals surface area contributed by atoms with Gasteiger partial charge in [-0.25, -0.2) is 8.42 Å². The van der Waals surface area contributed by atoms with Gasteiger partial charge >= 0.3 is 0 Å². The maximum Gasteiger partial charge on any atom is 0.260 e. The maximum atomic E-state index is 12.3. The number of hydrogen-bond acceptors (Lipinski definition) is 4. The largest absolute Gasteiger partial charge is 0.484 e. The number of amides is 1. The third-order valence-electron chi connectivity index (χ3n) is 4.77. The van der Waals surface area contributed by atoms with Gasteiger partial charge in [-0.3, -0.25) is 9.10 Å². The predicted octanol–water partition coefficient (Wildman–Crippen LogP) is 3.04. The van der Waals surface area contributed by atoms with Gasteiger partial charge in [0.25, 0.3) is 5.91 Å².